The molecular formula is C14H13BrN2O2S2. The van der Waals surface area contributed by atoms with Crippen molar-refractivity contribution in [3.8, 4) is 0 Å². The number of sulfonamides is 1. The van der Waals surface area contributed by atoms with E-state index in [0.29, 0.717) is 21.3 Å². The summed E-state index contributed by atoms with van der Waals surface area (Å²) in [4.78, 5) is 0.430. The third-order valence-electron chi connectivity index (χ3n) is 2.87. The summed E-state index contributed by atoms with van der Waals surface area (Å²) in [6.07, 6.45) is 0. The summed E-state index contributed by atoms with van der Waals surface area (Å²) in [5.74, 6) is 0. The van der Waals surface area contributed by atoms with Crippen molar-refractivity contribution in [3.05, 3.63) is 58.1 Å². The van der Waals surface area contributed by atoms with Crippen LogP contribution in [0.4, 0.5) is 5.69 Å². The second-order valence-corrected chi connectivity index (χ2v) is 7.37. The molecule has 0 aliphatic heterocycles. The van der Waals surface area contributed by atoms with Crippen molar-refractivity contribution in [2.75, 3.05) is 4.72 Å². The van der Waals surface area contributed by atoms with Gasteiger partial charge in [0, 0.05) is 10.0 Å². The molecule has 110 valence electrons. The standard InChI is InChI=1S/C14H13BrN2O2S2/c1-9-8-10(14(16)20)6-7-13(9)21(18,19)17-12-5-3-2-4-11(12)15/h2-8,17H,1H3,(H2,16,20). The Morgan fingerprint density at radius 3 is 2.48 bits per heavy atom. The Labute approximate surface area is 137 Å². The van der Waals surface area contributed by atoms with Crippen LogP contribution in [-0.4, -0.2) is 13.4 Å². The molecule has 0 unspecified atom stereocenters. The highest BCUT2D eigenvalue weighted by Gasteiger charge is 2.18. The van der Waals surface area contributed by atoms with Crippen LogP contribution >= 0.6 is 28.1 Å². The van der Waals surface area contributed by atoms with Crippen molar-refractivity contribution in [2.45, 2.75) is 11.8 Å². The third kappa shape index (κ3) is 3.61. The molecule has 0 saturated carbocycles. The van der Waals surface area contributed by atoms with Crippen molar-refractivity contribution in [3.63, 3.8) is 0 Å². The second kappa shape index (κ2) is 6.13. The highest BCUT2D eigenvalue weighted by molar-refractivity contribution is 9.10. The van der Waals surface area contributed by atoms with E-state index in [0.717, 1.165) is 0 Å². The highest BCUT2D eigenvalue weighted by Crippen LogP contribution is 2.26. The van der Waals surface area contributed by atoms with E-state index in [1.54, 1.807) is 37.3 Å². The average molecular weight is 385 g/mol. The molecule has 0 aromatic heterocycles. The zero-order valence-electron chi connectivity index (χ0n) is 11.1. The number of thiocarbonyl (C=S) groups is 1. The number of hydrogen-bond acceptors (Lipinski definition) is 3. The molecule has 2 aromatic rings. The number of nitrogens with one attached hydrogen (secondary N) is 1. The Morgan fingerprint density at radius 2 is 1.90 bits per heavy atom. The molecular weight excluding hydrogens is 372 g/mol. The molecule has 3 N–H and O–H groups in total. The molecule has 0 amide bonds. The summed E-state index contributed by atoms with van der Waals surface area (Å²) in [5.41, 5.74) is 7.25. The van der Waals surface area contributed by atoms with Crippen molar-refractivity contribution < 1.29 is 8.42 Å². The Balaban J connectivity index is 2.41. The lowest BCUT2D eigenvalue weighted by Crippen LogP contribution is -2.16. The number of anilines is 1. The Hall–Kier alpha value is -1.44. The van der Waals surface area contributed by atoms with Gasteiger partial charge in [0.1, 0.15) is 4.99 Å². The van der Waals surface area contributed by atoms with E-state index in [2.05, 4.69) is 20.7 Å². The van der Waals surface area contributed by atoms with Gasteiger partial charge in [-0.1, -0.05) is 30.4 Å². The van der Waals surface area contributed by atoms with E-state index in [1.807, 2.05) is 6.07 Å². The summed E-state index contributed by atoms with van der Waals surface area (Å²) in [6, 6.07) is 11.8. The minimum atomic E-state index is -3.67. The summed E-state index contributed by atoms with van der Waals surface area (Å²) < 4.78 is 28.1. The number of rotatable bonds is 4. The lowest BCUT2D eigenvalue weighted by atomic mass is 10.1. The van der Waals surface area contributed by atoms with Crippen LogP contribution in [0.15, 0.2) is 51.8 Å². The van der Waals surface area contributed by atoms with Gasteiger partial charge in [-0.2, -0.15) is 0 Å². The van der Waals surface area contributed by atoms with Crippen LogP contribution in [0.25, 0.3) is 0 Å². The fraction of sp³-hybridized carbons (Fsp3) is 0.0714. The molecule has 0 fully saturated rings. The summed E-state index contributed by atoms with van der Waals surface area (Å²) in [7, 11) is -3.67. The topological polar surface area (TPSA) is 72.2 Å². The van der Waals surface area contributed by atoms with Gasteiger partial charge in [0.15, 0.2) is 0 Å². The molecule has 7 heteroatoms. The number of benzene rings is 2. The Bertz CT molecular complexity index is 804. The molecule has 2 aromatic carbocycles. The number of nitrogens with two attached hydrogens (primary N) is 1. The van der Waals surface area contributed by atoms with Gasteiger partial charge < -0.3 is 5.73 Å². The van der Waals surface area contributed by atoms with Gasteiger partial charge >= 0.3 is 0 Å². The smallest absolute Gasteiger partial charge is 0.262 e. The maximum atomic E-state index is 12.5. The van der Waals surface area contributed by atoms with Gasteiger partial charge in [0.25, 0.3) is 10.0 Å². The van der Waals surface area contributed by atoms with Crippen molar-refractivity contribution >= 4 is 48.8 Å². The van der Waals surface area contributed by atoms with Gasteiger partial charge in [-0.3, -0.25) is 4.72 Å². The fourth-order valence-electron chi connectivity index (χ4n) is 1.85. The van der Waals surface area contributed by atoms with E-state index < -0.39 is 10.0 Å². The van der Waals surface area contributed by atoms with Gasteiger partial charge in [-0.15, -0.1) is 0 Å². The number of para-hydroxylation sites is 1. The first-order chi connectivity index (χ1) is 9.81. The van der Waals surface area contributed by atoms with Crippen molar-refractivity contribution in [2.24, 2.45) is 5.73 Å². The first-order valence-electron chi connectivity index (χ1n) is 5.99. The molecule has 0 aliphatic carbocycles. The minimum Gasteiger partial charge on any atom is -0.389 e. The Morgan fingerprint density at radius 1 is 1.24 bits per heavy atom. The predicted octanol–water partition coefficient (Wildman–Crippen LogP) is 3.19. The van der Waals surface area contributed by atoms with Crippen LogP contribution in [0.5, 0.6) is 0 Å². The van der Waals surface area contributed by atoms with E-state index in [9.17, 15) is 8.42 Å². The molecule has 0 aliphatic rings. The maximum absolute atomic E-state index is 12.5. The maximum Gasteiger partial charge on any atom is 0.262 e. The third-order valence-corrected chi connectivity index (χ3v) is 5.32. The lowest BCUT2D eigenvalue weighted by Gasteiger charge is -2.12. The highest BCUT2D eigenvalue weighted by atomic mass is 79.9. The van der Waals surface area contributed by atoms with Gasteiger partial charge in [-0.05, 0) is 52.7 Å². The molecule has 0 bridgehead atoms. The zero-order chi connectivity index (χ0) is 15.6. The molecule has 2 rings (SSSR count). The van der Waals surface area contributed by atoms with E-state index in [4.69, 9.17) is 18.0 Å². The largest absolute Gasteiger partial charge is 0.389 e. The van der Waals surface area contributed by atoms with Crippen LogP contribution in [0.2, 0.25) is 0 Å². The molecule has 0 radical (unpaired) electrons. The average Bonchev–Trinajstić information content (AvgIpc) is 2.40. The molecule has 4 nitrogen and oxygen atoms in total. The molecule has 0 heterocycles. The molecule has 0 atom stereocenters. The van der Waals surface area contributed by atoms with Crippen molar-refractivity contribution in [1.82, 2.24) is 0 Å². The van der Waals surface area contributed by atoms with Crippen LogP contribution in [0.3, 0.4) is 0 Å². The first kappa shape index (κ1) is 15.9. The molecule has 0 saturated heterocycles. The van der Waals surface area contributed by atoms with Crippen LogP contribution in [0.1, 0.15) is 11.1 Å². The van der Waals surface area contributed by atoms with Crippen LogP contribution in [0, 0.1) is 6.92 Å². The fourth-order valence-corrected chi connectivity index (χ4v) is 3.80. The first-order valence-corrected chi connectivity index (χ1v) is 8.67. The number of halogens is 1. The van der Waals surface area contributed by atoms with Crippen LogP contribution in [-0.2, 0) is 10.0 Å². The van der Waals surface area contributed by atoms with E-state index >= 15 is 0 Å². The van der Waals surface area contributed by atoms with Crippen molar-refractivity contribution in [1.29, 1.82) is 0 Å². The summed E-state index contributed by atoms with van der Waals surface area (Å²) in [5, 5.41) is 0. The molecule has 21 heavy (non-hydrogen) atoms. The lowest BCUT2D eigenvalue weighted by molar-refractivity contribution is 0.600. The van der Waals surface area contributed by atoms with E-state index in [1.165, 1.54) is 6.07 Å². The normalized spacial score (nSPS) is 11.1. The van der Waals surface area contributed by atoms with E-state index in [-0.39, 0.29) is 9.88 Å². The summed E-state index contributed by atoms with van der Waals surface area (Å²) in [6.45, 7) is 1.70. The monoisotopic (exact) mass is 384 g/mol. The second-order valence-electron chi connectivity index (χ2n) is 4.43. The van der Waals surface area contributed by atoms with Crippen LogP contribution < -0.4 is 10.5 Å². The van der Waals surface area contributed by atoms with Gasteiger partial charge in [0.05, 0.1) is 10.6 Å². The van der Waals surface area contributed by atoms with Gasteiger partial charge in [-0.25, -0.2) is 8.42 Å². The summed E-state index contributed by atoms with van der Waals surface area (Å²) >= 11 is 8.20. The predicted molar refractivity (Wildman–Crippen MR) is 92.0 cm³/mol. The number of hydrogen-bond donors (Lipinski definition) is 2. The quantitative estimate of drug-likeness (QED) is 0.793. The van der Waals surface area contributed by atoms with Gasteiger partial charge in [0.2, 0.25) is 0 Å². The zero-order valence-corrected chi connectivity index (χ0v) is 14.3. The minimum absolute atomic E-state index is 0.193. The SMILES string of the molecule is Cc1cc(C(N)=S)ccc1S(=O)(=O)Nc1ccccc1Br. The number of aryl methyl sites for hydroxylation is 1. The molecule has 0 spiro atoms. The Kier molecular flexibility index (Phi) is 4.65.